The van der Waals surface area contributed by atoms with Crippen LogP contribution in [0, 0.1) is 12.8 Å². The Morgan fingerprint density at radius 2 is 1.73 bits per heavy atom. The van der Waals surface area contributed by atoms with Crippen molar-refractivity contribution in [1.82, 2.24) is 9.97 Å². The van der Waals surface area contributed by atoms with Crippen LogP contribution in [-0.2, 0) is 6.42 Å². The molecule has 0 aliphatic heterocycles. The van der Waals surface area contributed by atoms with E-state index in [-0.39, 0.29) is 0 Å². The molecule has 0 spiro atoms. The minimum absolute atomic E-state index is 0.817. The SMILES string of the molecule is CC1=CCC(CCc2ccc(-c3cnc(C)nc3)cc2)CC1. The molecule has 1 aliphatic carbocycles. The molecule has 2 heteroatoms. The van der Waals surface area contributed by atoms with E-state index < -0.39 is 0 Å². The Morgan fingerprint density at radius 1 is 1.00 bits per heavy atom. The standard InChI is InChI=1S/C20H24N2/c1-15-3-5-17(6-4-15)7-8-18-9-11-19(12-10-18)20-13-21-16(2)22-14-20/h3,9-14,17H,4-8H2,1-2H3. The second kappa shape index (κ2) is 6.87. The van der Waals surface area contributed by atoms with Gasteiger partial charge in [-0.1, -0.05) is 35.9 Å². The molecule has 0 saturated heterocycles. The van der Waals surface area contributed by atoms with E-state index in [1.165, 1.54) is 43.2 Å². The molecule has 1 atom stereocenters. The van der Waals surface area contributed by atoms with Crippen LogP contribution in [0.25, 0.3) is 11.1 Å². The van der Waals surface area contributed by atoms with Gasteiger partial charge in [0.05, 0.1) is 0 Å². The molecule has 0 amide bonds. The molecule has 0 bridgehead atoms. The Bertz CT molecular complexity index is 638. The smallest absolute Gasteiger partial charge is 0.125 e. The Morgan fingerprint density at radius 3 is 2.36 bits per heavy atom. The lowest BCUT2D eigenvalue weighted by atomic mass is 9.86. The molecule has 114 valence electrons. The number of hydrogen-bond acceptors (Lipinski definition) is 2. The first-order chi connectivity index (χ1) is 10.7. The molecule has 0 radical (unpaired) electrons. The van der Waals surface area contributed by atoms with Crippen molar-refractivity contribution in [3.63, 3.8) is 0 Å². The zero-order chi connectivity index (χ0) is 15.4. The third kappa shape index (κ3) is 3.82. The molecule has 0 N–H and O–H groups in total. The fourth-order valence-corrected chi connectivity index (χ4v) is 3.06. The predicted molar refractivity (Wildman–Crippen MR) is 91.6 cm³/mol. The van der Waals surface area contributed by atoms with Crippen LogP contribution in [0.1, 0.15) is 44.0 Å². The van der Waals surface area contributed by atoms with Crippen molar-refractivity contribution < 1.29 is 0 Å². The molecule has 2 aromatic rings. The van der Waals surface area contributed by atoms with Crippen LogP contribution in [0.15, 0.2) is 48.3 Å². The topological polar surface area (TPSA) is 25.8 Å². The summed E-state index contributed by atoms with van der Waals surface area (Å²) in [6.45, 7) is 4.17. The Balaban J connectivity index is 1.58. The number of aromatic nitrogens is 2. The summed E-state index contributed by atoms with van der Waals surface area (Å²) in [6.07, 6.45) is 12.6. The first-order valence-electron chi connectivity index (χ1n) is 8.24. The fraction of sp³-hybridized carbons (Fsp3) is 0.400. The van der Waals surface area contributed by atoms with Crippen molar-refractivity contribution in [2.75, 3.05) is 0 Å². The van der Waals surface area contributed by atoms with Gasteiger partial charge in [-0.15, -0.1) is 0 Å². The third-order valence-corrected chi connectivity index (χ3v) is 4.66. The van der Waals surface area contributed by atoms with E-state index in [1.54, 1.807) is 5.57 Å². The summed E-state index contributed by atoms with van der Waals surface area (Å²) in [4.78, 5) is 8.53. The summed E-state index contributed by atoms with van der Waals surface area (Å²) in [6, 6.07) is 8.88. The van der Waals surface area contributed by atoms with Crippen LogP contribution in [0.3, 0.4) is 0 Å². The van der Waals surface area contributed by atoms with Gasteiger partial charge in [-0.3, -0.25) is 0 Å². The maximum Gasteiger partial charge on any atom is 0.125 e. The summed E-state index contributed by atoms with van der Waals surface area (Å²) in [5.74, 6) is 1.69. The lowest BCUT2D eigenvalue weighted by molar-refractivity contribution is 0.437. The van der Waals surface area contributed by atoms with Crippen LogP contribution in [-0.4, -0.2) is 9.97 Å². The van der Waals surface area contributed by atoms with Crippen molar-refractivity contribution in [2.24, 2.45) is 5.92 Å². The van der Waals surface area contributed by atoms with E-state index in [0.717, 1.165) is 17.3 Å². The number of rotatable bonds is 4. The summed E-state index contributed by atoms with van der Waals surface area (Å²) < 4.78 is 0. The van der Waals surface area contributed by atoms with E-state index in [1.807, 2.05) is 19.3 Å². The number of allylic oxidation sites excluding steroid dienone is 2. The van der Waals surface area contributed by atoms with Crippen molar-refractivity contribution in [3.05, 3.63) is 59.7 Å². The third-order valence-electron chi connectivity index (χ3n) is 4.66. The predicted octanol–water partition coefficient (Wildman–Crippen LogP) is 5.13. The van der Waals surface area contributed by atoms with E-state index in [9.17, 15) is 0 Å². The van der Waals surface area contributed by atoms with Crippen LogP contribution < -0.4 is 0 Å². The minimum Gasteiger partial charge on any atom is -0.241 e. The van der Waals surface area contributed by atoms with Crippen molar-refractivity contribution >= 4 is 0 Å². The highest BCUT2D eigenvalue weighted by Crippen LogP contribution is 2.27. The van der Waals surface area contributed by atoms with E-state index in [2.05, 4.69) is 47.2 Å². The molecule has 2 nitrogen and oxygen atoms in total. The minimum atomic E-state index is 0.817. The molecule has 1 aromatic heterocycles. The van der Waals surface area contributed by atoms with Crippen molar-refractivity contribution in [2.45, 2.75) is 46.0 Å². The maximum atomic E-state index is 4.26. The highest BCUT2D eigenvalue weighted by Gasteiger charge is 2.12. The van der Waals surface area contributed by atoms with Crippen LogP contribution in [0.4, 0.5) is 0 Å². The second-order valence-electron chi connectivity index (χ2n) is 6.45. The average Bonchev–Trinajstić information content (AvgIpc) is 2.56. The van der Waals surface area contributed by atoms with Gasteiger partial charge in [-0.2, -0.15) is 0 Å². The molecule has 22 heavy (non-hydrogen) atoms. The average molecular weight is 292 g/mol. The lowest BCUT2D eigenvalue weighted by Gasteiger charge is -2.20. The van der Waals surface area contributed by atoms with Crippen LogP contribution in [0.5, 0.6) is 0 Å². The number of hydrogen-bond donors (Lipinski definition) is 0. The zero-order valence-electron chi connectivity index (χ0n) is 13.5. The van der Waals surface area contributed by atoms with Gasteiger partial charge < -0.3 is 0 Å². The van der Waals surface area contributed by atoms with E-state index in [0.29, 0.717) is 0 Å². The summed E-state index contributed by atoms with van der Waals surface area (Å²) in [5, 5.41) is 0. The monoisotopic (exact) mass is 292 g/mol. The Kier molecular flexibility index (Phi) is 4.67. The van der Waals surface area contributed by atoms with Gasteiger partial charge in [0.15, 0.2) is 0 Å². The summed E-state index contributed by atoms with van der Waals surface area (Å²) >= 11 is 0. The molecular weight excluding hydrogens is 268 g/mol. The molecule has 0 fully saturated rings. The Hall–Kier alpha value is -1.96. The summed E-state index contributed by atoms with van der Waals surface area (Å²) in [7, 11) is 0. The van der Waals surface area contributed by atoms with Crippen LogP contribution >= 0.6 is 0 Å². The highest BCUT2D eigenvalue weighted by atomic mass is 14.8. The van der Waals surface area contributed by atoms with Gasteiger partial charge >= 0.3 is 0 Å². The summed E-state index contributed by atoms with van der Waals surface area (Å²) in [5.41, 5.74) is 5.29. The molecule has 1 unspecified atom stereocenters. The van der Waals surface area contributed by atoms with Crippen molar-refractivity contribution in [1.29, 1.82) is 0 Å². The van der Waals surface area contributed by atoms with Crippen molar-refractivity contribution in [3.8, 4) is 11.1 Å². The normalized spacial score (nSPS) is 18.1. The van der Waals surface area contributed by atoms with E-state index in [4.69, 9.17) is 0 Å². The van der Waals surface area contributed by atoms with Crippen LogP contribution in [0.2, 0.25) is 0 Å². The van der Waals surface area contributed by atoms with Gasteiger partial charge in [0, 0.05) is 18.0 Å². The quantitative estimate of drug-likeness (QED) is 0.730. The molecule has 0 saturated carbocycles. The second-order valence-corrected chi connectivity index (χ2v) is 6.45. The molecule has 1 heterocycles. The van der Waals surface area contributed by atoms with Gasteiger partial charge in [0.25, 0.3) is 0 Å². The van der Waals surface area contributed by atoms with Gasteiger partial charge in [0.2, 0.25) is 0 Å². The molecule has 3 rings (SSSR count). The van der Waals surface area contributed by atoms with Gasteiger partial charge in [0.1, 0.15) is 5.82 Å². The number of aryl methyl sites for hydroxylation is 2. The lowest BCUT2D eigenvalue weighted by Crippen LogP contribution is -2.06. The molecular formula is C20H24N2. The van der Waals surface area contributed by atoms with E-state index >= 15 is 0 Å². The molecule has 1 aromatic carbocycles. The first-order valence-corrected chi connectivity index (χ1v) is 8.24. The largest absolute Gasteiger partial charge is 0.241 e. The Labute approximate surface area is 133 Å². The maximum absolute atomic E-state index is 4.26. The number of nitrogens with zero attached hydrogens (tertiary/aromatic N) is 2. The first kappa shape index (κ1) is 15.0. The zero-order valence-corrected chi connectivity index (χ0v) is 13.5. The molecule has 1 aliphatic rings. The van der Waals surface area contributed by atoms with Gasteiger partial charge in [-0.05, 0) is 63.0 Å². The fourth-order valence-electron chi connectivity index (χ4n) is 3.06. The highest BCUT2D eigenvalue weighted by molar-refractivity contribution is 5.61. The van der Waals surface area contributed by atoms with Gasteiger partial charge in [-0.25, -0.2) is 9.97 Å². The number of benzene rings is 1.